The molecule has 1 aliphatic rings. The lowest BCUT2D eigenvalue weighted by Crippen LogP contribution is -2.40. The molecule has 1 aliphatic heterocycles. The first-order chi connectivity index (χ1) is 16.3. The number of benzene rings is 2. The average Bonchev–Trinajstić information content (AvgIpc) is 3.28. The molecule has 9 nitrogen and oxygen atoms in total. The number of morpholine rings is 1. The Morgan fingerprint density at radius 1 is 1.18 bits per heavy atom. The van der Waals surface area contributed by atoms with E-state index in [9.17, 15) is 17.6 Å². The second kappa shape index (κ2) is 11.0. The van der Waals surface area contributed by atoms with E-state index in [1.54, 1.807) is 18.2 Å². The molecule has 2 aromatic carbocycles. The Hall–Kier alpha value is -2.29. The van der Waals surface area contributed by atoms with Gasteiger partial charge in [0.1, 0.15) is 5.82 Å². The van der Waals surface area contributed by atoms with Crippen molar-refractivity contribution in [2.24, 2.45) is 0 Å². The number of ether oxygens (including phenoxy) is 1. The number of carbonyl (C=O) groups excluding carboxylic acids is 1. The average molecular weight is 544 g/mol. The summed E-state index contributed by atoms with van der Waals surface area (Å²) in [7, 11) is -3.73. The Balaban J connectivity index is 1.36. The monoisotopic (exact) mass is 543 g/mol. The maximum Gasteiger partial charge on any atom is 0.243 e. The number of hydrogen-bond donors (Lipinski definition) is 2. The first kappa shape index (κ1) is 24.8. The number of rotatable bonds is 8. The minimum Gasteiger partial charge on any atom is -0.379 e. The second-order valence-electron chi connectivity index (χ2n) is 6.97. The van der Waals surface area contributed by atoms with Crippen molar-refractivity contribution in [2.75, 3.05) is 42.7 Å². The van der Waals surface area contributed by atoms with Gasteiger partial charge in [0.2, 0.25) is 21.1 Å². The van der Waals surface area contributed by atoms with Crippen LogP contribution in [0.4, 0.5) is 20.9 Å². The number of nitrogens with zero attached hydrogens (tertiary/aromatic N) is 3. The van der Waals surface area contributed by atoms with Crippen molar-refractivity contribution in [3.05, 3.63) is 53.3 Å². The molecular formula is C20H19ClFN5O4S3. The zero-order valence-electron chi connectivity index (χ0n) is 17.5. The molecule has 0 spiro atoms. The van der Waals surface area contributed by atoms with Crippen molar-refractivity contribution < 1.29 is 22.3 Å². The van der Waals surface area contributed by atoms with Gasteiger partial charge in [0.25, 0.3) is 0 Å². The third-order valence-corrected chi connectivity index (χ3v) is 8.86. The van der Waals surface area contributed by atoms with Crippen LogP contribution in [0, 0.1) is 5.82 Å². The van der Waals surface area contributed by atoms with Gasteiger partial charge in [-0.1, -0.05) is 46.8 Å². The van der Waals surface area contributed by atoms with Gasteiger partial charge in [0.05, 0.1) is 40.3 Å². The van der Waals surface area contributed by atoms with Crippen molar-refractivity contribution >= 4 is 67.1 Å². The minimum absolute atomic E-state index is 0.00883. The van der Waals surface area contributed by atoms with Gasteiger partial charge >= 0.3 is 0 Å². The fourth-order valence-corrected chi connectivity index (χ4v) is 6.17. The van der Waals surface area contributed by atoms with E-state index in [1.165, 1.54) is 39.9 Å². The second-order valence-corrected chi connectivity index (χ2v) is 11.5. The normalized spacial score (nSPS) is 14.6. The molecule has 2 heterocycles. The molecule has 180 valence electrons. The highest BCUT2D eigenvalue weighted by Crippen LogP contribution is 2.30. The van der Waals surface area contributed by atoms with Crippen LogP contribution >= 0.6 is 34.7 Å². The molecule has 0 radical (unpaired) electrons. The topological polar surface area (TPSA) is 114 Å². The Bertz CT molecular complexity index is 1280. The third kappa shape index (κ3) is 6.03. The van der Waals surface area contributed by atoms with Gasteiger partial charge in [-0.3, -0.25) is 4.79 Å². The summed E-state index contributed by atoms with van der Waals surface area (Å²) in [6, 6.07) is 10.4. The standard InChI is InChI=1S/C20H19ClFN5O4S3/c21-14-6-5-13(34(29,30)27-7-9-31-10-8-27)11-17(14)23-18(28)12-32-20-26-25-19(33-20)24-16-4-2-1-3-15(16)22/h1-6,11H,7-10,12H2,(H,23,28)(H,24,25). The van der Waals surface area contributed by atoms with Crippen molar-refractivity contribution in [1.82, 2.24) is 14.5 Å². The number of amides is 1. The SMILES string of the molecule is O=C(CSc1nnc(Nc2ccccc2F)s1)Nc1cc(S(=O)(=O)N2CCOCC2)ccc1Cl. The van der Waals surface area contributed by atoms with Gasteiger partial charge in [-0.2, -0.15) is 4.31 Å². The van der Waals surface area contributed by atoms with E-state index in [0.29, 0.717) is 22.7 Å². The largest absolute Gasteiger partial charge is 0.379 e. The molecule has 0 bridgehead atoms. The predicted octanol–water partition coefficient (Wildman–Crippen LogP) is 3.83. The number of aromatic nitrogens is 2. The van der Waals surface area contributed by atoms with E-state index in [-0.39, 0.29) is 40.1 Å². The number of para-hydroxylation sites is 1. The minimum atomic E-state index is -3.73. The zero-order valence-corrected chi connectivity index (χ0v) is 20.7. The van der Waals surface area contributed by atoms with Crippen LogP contribution in [0.3, 0.4) is 0 Å². The number of anilines is 3. The van der Waals surface area contributed by atoms with Crippen LogP contribution in [0.25, 0.3) is 0 Å². The Labute approximate surface area is 208 Å². The summed E-state index contributed by atoms with van der Waals surface area (Å²) >= 11 is 8.49. The smallest absolute Gasteiger partial charge is 0.243 e. The molecule has 1 saturated heterocycles. The van der Waals surface area contributed by atoms with E-state index in [2.05, 4.69) is 20.8 Å². The molecule has 0 aliphatic carbocycles. The van der Waals surface area contributed by atoms with Crippen molar-refractivity contribution in [3.63, 3.8) is 0 Å². The van der Waals surface area contributed by atoms with Crippen molar-refractivity contribution in [2.45, 2.75) is 9.24 Å². The van der Waals surface area contributed by atoms with E-state index >= 15 is 0 Å². The molecular weight excluding hydrogens is 525 g/mol. The van der Waals surface area contributed by atoms with E-state index in [4.69, 9.17) is 16.3 Å². The Kier molecular flexibility index (Phi) is 8.01. The molecule has 0 atom stereocenters. The van der Waals surface area contributed by atoms with E-state index in [0.717, 1.165) is 11.8 Å². The van der Waals surface area contributed by atoms with Crippen LogP contribution in [-0.4, -0.2) is 60.9 Å². The molecule has 1 fully saturated rings. The van der Waals surface area contributed by atoms with Crippen molar-refractivity contribution in [3.8, 4) is 0 Å². The van der Waals surface area contributed by atoms with Crippen LogP contribution in [0.2, 0.25) is 5.02 Å². The Morgan fingerprint density at radius 2 is 1.94 bits per heavy atom. The molecule has 1 aromatic heterocycles. The molecule has 34 heavy (non-hydrogen) atoms. The van der Waals surface area contributed by atoms with Gasteiger partial charge in [-0.05, 0) is 30.3 Å². The first-order valence-electron chi connectivity index (χ1n) is 9.98. The predicted molar refractivity (Wildman–Crippen MR) is 130 cm³/mol. The lowest BCUT2D eigenvalue weighted by atomic mass is 10.3. The molecule has 1 amide bonds. The number of hydrogen-bond acceptors (Lipinski definition) is 9. The Morgan fingerprint density at radius 3 is 2.71 bits per heavy atom. The van der Waals surface area contributed by atoms with Crippen molar-refractivity contribution in [1.29, 1.82) is 0 Å². The third-order valence-electron chi connectivity index (χ3n) is 4.67. The summed E-state index contributed by atoms with van der Waals surface area (Å²) in [5, 5.41) is 14.0. The van der Waals surface area contributed by atoms with Crippen LogP contribution in [0.5, 0.6) is 0 Å². The maximum atomic E-state index is 13.8. The molecule has 14 heteroatoms. The molecule has 0 unspecified atom stereocenters. The van der Waals surface area contributed by atoms with Gasteiger partial charge in [0.15, 0.2) is 4.34 Å². The summed E-state index contributed by atoms with van der Waals surface area (Å²) in [5.41, 5.74) is 0.468. The lowest BCUT2D eigenvalue weighted by molar-refractivity contribution is -0.113. The highest BCUT2D eigenvalue weighted by Gasteiger charge is 2.27. The maximum absolute atomic E-state index is 13.8. The highest BCUT2D eigenvalue weighted by atomic mass is 35.5. The first-order valence-corrected chi connectivity index (χ1v) is 13.6. The number of halogens is 2. The highest BCUT2D eigenvalue weighted by molar-refractivity contribution is 8.01. The van der Waals surface area contributed by atoms with Gasteiger partial charge in [-0.15, -0.1) is 10.2 Å². The van der Waals surface area contributed by atoms with Crippen LogP contribution in [-0.2, 0) is 19.6 Å². The summed E-state index contributed by atoms with van der Waals surface area (Å²) in [4.78, 5) is 12.5. The fourth-order valence-electron chi connectivity index (χ4n) is 3.01. The van der Waals surface area contributed by atoms with Crippen LogP contribution in [0.15, 0.2) is 51.7 Å². The number of nitrogens with one attached hydrogen (secondary N) is 2. The summed E-state index contributed by atoms with van der Waals surface area (Å²) < 4.78 is 46.6. The summed E-state index contributed by atoms with van der Waals surface area (Å²) in [6.45, 7) is 1.19. The number of sulfonamides is 1. The van der Waals surface area contributed by atoms with Crippen LogP contribution < -0.4 is 10.6 Å². The zero-order chi connectivity index (χ0) is 24.1. The fraction of sp³-hybridized carbons (Fsp3) is 0.250. The van der Waals surface area contributed by atoms with Gasteiger partial charge in [-0.25, -0.2) is 12.8 Å². The molecule has 0 saturated carbocycles. The van der Waals surface area contributed by atoms with E-state index < -0.39 is 21.7 Å². The van der Waals surface area contributed by atoms with E-state index in [1.807, 2.05) is 0 Å². The number of carbonyl (C=O) groups is 1. The number of thioether (sulfide) groups is 1. The molecule has 4 rings (SSSR count). The summed E-state index contributed by atoms with van der Waals surface area (Å²) in [6.07, 6.45) is 0. The lowest BCUT2D eigenvalue weighted by Gasteiger charge is -2.26. The van der Waals surface area contributed by atoms with Gasteiger partial charge in [0, 0.05) is 13.1 Å². The summed E-state index contributed by atoms with van der Waals surface area (Å²) in [5.74, 6) is -0.821. The van der Waals surface area contributed by atoms with Crippen LogP contribution in [0.1, 0.15) is 0 Å². The quantitative estimate of drug-likeness (QED) is 0.412. The molecule has 2 N–H and O–H groups in total. The van der Waals surface area contributed by atoms with Gasteiger partial charge < -0.3 is 15.4 Å². The molecule has 3 aromatic rings.